The Bertz CT molecular complexity index is 497. The van der Waals surface area contributed by atoms with Crippen LogP contribution in [0.5, 0.6) is 0 Å². The summed E-state index contributed by atoms with van der Waals surface area (Å²) >= 11 is 0. The van der Waals surface area contributed by atoms with Gasteiger partial charge in [-0.3, -0.25) is 4.79 Å². The summed E-state index contributed by atoms with van der Waals surface area (Å²) in [6.45, 7) is 0. The average Bonchev–Trinajstić information content (AvgIpc) is 2.55. The lowest BCUT2D eigenvalue weighted by Crippen LogP contribution is -2.12. The standard InChI is InChI=1S/C20H27NO/c21-16-19-10-6-3-5-9-18-14-12-17(13-15-18)8-4-1-2-7-11-20(19)22/h12-15,19H,1-11H2/t19-/m0/s1. The Balaban J connectivity index is 1.91. The molecule has 0 fully saturated rings. The zero-order valence-corrected chi connectivity index (χ0v) is 13.5. The molecule has 0 unspecified atom stereocenters. The highest BCUT2D eigenvalue weighted by molar-refractivity contribution is 5.83. The van der Waals surface area contributed by atoms with Crippen molar-refractivity contribution >= 4 is 5.78 Å². The fourth-order valence-electron chi connectivity index (χ4n) is 3.18. The minimum absolute atomic E-state index is 0.166. The largest absolute Gasteiger partial charge is 0.298 e. The van der Waals surface area contributed by atoms with Gasteiger partial charge in [-0.25, -0.2) is 0 Å². The van der Waals surface area contributed by atoms with Gasteiger partial charge >= 0.3 is 0 Å². The monoisotopic (exact) mass is 297 g/mol. The second-order valence-corrected chi connectivity index (χ2v) is 6.48. The van der Waals surface area contributed by atoms with Crippen molar-refractivity contribution in [3.05, 3.63) is 35.4 Å². The Morgan fingerprint density at radius 1 is 0.773 bits per heavy atom. The van der Waals surface area contributed by atoms with Crippen molar-refractivity contribution in [2.24, 2.45) is 5.92 Å². The molecule has 0 saturated carbocycles. The second-order valence-electron chi connectivity index (χ2n) is 6.48. The summed E-state index contributed by atoms with van der Waals surface area (Å²) in [5.41, 5.74) is 2.83. The molecule has 0 amide bonds. The fourth-order valence-corrected chi connectivity index (χ4v) is 3.18. The SMILES string of the molecule is N#C[C@@H]1CCCCCc2ccc(cc2)CCCCCCC1=O. The Hall–Kier alpha value is -1.62. The summed E-state index contributed by atoms with van der Waals surface area (Å²) in [5.74, 6) is -0.200. The van der Waals surface area contributed by atoms with E-state index in [1.165, 1.54) is 24.0 Å². The number of nitriles is 1. The molecule has 0 N–H and O–H groups in total. The third-order valence-corrected chi connectivity index (χ3v) is 4.66. The van der Waals surface area contributed by atoms with Crippen LogP contribution in [0.4, 0.5) is 0 Å². The van der Waals surface area contributed by atoms with Gasteiger partial charge in [-0.05, 0) is 49.7 Å². The molecule has 118 valence electrons. The summed E-state index contributed by atoms with van der Waals surface area (Å²) < 4.78 is 0. The number of rotatable bonds is 0. The molecule has 0 saturated heterocycles. The lowest BCUT2D eigenvalue weighted by Gasteiger charge is -2.08. The topological polar surface area (TPSA) is 40.9 Å². The Morgan fingerprint density at radius 2 is 1.27 bits per heavy atom. The predicted octanol–water partition coefficient (Wildman–Crippen LogP) is 5.00. The van der Waals surface area contributed by atoms with Gasteiger partial charge in [0.2, 0.25) is 0 Å². The Morgan fingerprint density at radius 3 is 1.82 bits per heavy atom. The molecular formula is C20H27NO. The van der Waals surface area contributed by atoms with E-state index in [0.29, 0.717) is 6.42 Å². The van der Waals surface area contributed by atoms with Crippen LogP contribution in [0.15, 0.2) is 24.3 Å². The third kappa shape index (κ3) is 5.64. The molecule has 1 atom stereocenters. The van der Waals surface area contributed by atoms with Crippen LogP contribution in [-0.2, 0) is 17.6 Å². The number of carbonyl (C=O) groups excluding carboxylic acids is 1. The molecule has 2 bridgehead atoms. The first-order chi connectivity index (χ1) is 10.8. The van der Waals surface area contributed by atoms with Crippen LogP contribution in [0.2, 0.25) is 0 Å². The molecule has 1 aromatic carbocycles. The van der Waals surface area contributed by atoms with E-state index in [-0.39, 0.29) is 11.7 Å². The fraction of sp³-hybridized carbons (Fsp3) is 0.600. The van der Waals surface area contributed by atoms with Crippen molar-refractivity contribution in [1.82, 2.24) is 0 Å². The van der Waals surface area contributed by atoms with E-state index in [0.717, 1.165) is 51.4 Å². The maximum Gasteiger partial charge on any atom is 0.149 e. The number of hydrogen-bond acceptors (Lipinski definition) is 2. The number of hydrogen-bond donors (Lipinski definition) is 0. The van der Waals surface area contributed by atoms with Crippen LogP contribution in [0.3, 0.4) is 0 Å². The summed E-state index contributed by atoms with van der Waals surface area (Å²) in [6, 6.07) is 11.3. The maximum atomic E-state index is 12.1. The van der Waals surface area contributed by atoms with Gasteiger partial charge in [-0.15, -0.1) is 0 Å². The molecule has 2 nitrogen and oxygen atoms in total. The first-order valence-corrected chi connectivity index (χ1v) is 8.80. The quantitative estimate of drug-likeness (QED) is 0.675. The van der Waals surface area contributed by atoms with Crippen molar-refractivity contribution in [1.29, 1.82) is 5.26 Å². The third-order valence-electron chi connectivity index (χ3n) is 4.66. The zero-order chi connectivity index (χ0) is 15.6. The highest BCUT2D eigenvalue weighted by Gasteiger charge is 2.16. The van der Waals surface area contributed by atoms with Gasteiger partial charge in [-0.2, -0.15) is 5.26 Å². The van der Waals surface area contributed by atoms with Crippen LogP contribution in [-0.4, -0.2) is 5.78 Å². The molecule has 0 spiro atoms. The minimum Gasteiger partial charge on any atom is -0.298 e. The lowest BCUT2D eigenvalue weighted by atomic mass is 9.94. The molecule has 0 heterocycles. The van der Waals surface area contributed by atoms with Gasteiger partial charge in [0.25, 0.3) is 0 Å². The molecule has 0 radical (unpaired) electrons. The highest BCUT2D eigenvalue weighted by atomic mass is 16.1. The van der Waals surface area contributed by atoms with E-state index in [9.17, 15) is 10.1 Å². The lowest BCUT2D eigenvalue weighted by molar-refractivity contribution is -0.121. The molecule has 2 aliphatic rings. The molecule has 1 aromatic rings. The Labute approximate surface area is 134 Å². The van der Waals surface area contributed by atoms with Crippen molar-refractivity contribution in [2.75, 3.05) is 0 Å². The van der Waals surface area contributed by atoms with Gasteiger partial charge in [0.1, 0.15) is 11.7 Å². The normalized spacial score (nSPS) is 22.0. The number of fused-ring (bicyclic) bond motifs is 14. The summed E-state index contributed by atoms with van der Waals surface area (Å²) in [4.78, 5) is 12.1. The second kappa shape index (κ2) is 9.41. The summed E-state index contributed by atoms with van der Waals surface area (Å²) in [6.07, 6.45) is 11.2. The first kappa shape index (κ1) is 16.7. The molecule has 0 aliphatic heterocycles. The van der Waals surface area contributed by atoms with Gasteiger partial charge < -0.3 is 0 Å². The van der Waals surface area contributed by atoms with Crippen molar-refractivity contribution in [2.45, 2.75) is 70.6 Å². The van der Waals surface area contributed by atoms with E-state index in [4.69, 9.17) is 0 Å². The summed E-state index contributed by atoms with van der Waals surface area (Å²) in [7, 11) is 0. The van der Waals surface area contributed by atoms with Crippen molar-refractivity contribution in [3.8, 4) is 6.07 Å². The number of nitrogens with zero attached hydrogens (tertiary/aromatic N) is 1. The molecule has 2 heteroatoms. The van der Waals surface area contributed by atoms with Crippen LogP contribution in [0.25, 0.3) is 0 Å². The van der Waals surface area contributed by atoms with Gasteiger partial charge in [0.05, 0.1) is 6.07 Å². The zero-order valence-electron chi connectivity index (χ0n) is 13.5. The molecular weight excluding hydrogens is 270 g/mol. The molecule has 22 heavy (non-hydrogen) atoms. The Kier molecular flexibility index (Phi) is 7.16. The molecule has 0 aromatic heterocycles. The van der Waals surface area contributed by atoms with E-state index >= 15 is 0 Å². The van der Waals surface area contributed by atoms with Crippen molar-refractivity contribution < 1.29 is 4.79 Å². The number of ketones is 1. The smallest absolute Gasteiger partial charge is 0.149 e. The van der Waals surface area contributed by atoms with Gasteiger partial charge in [0.15, 0.2) is 0 Å². The summed E-state index contributed by atoms with van der Waals surface area (Å²) in [5, 5.41) is 9.18. The van der Waals surface area contributed by atoms with E-state index in [1.807, 2.05) is 0 Å². The number of carbonyl (C=O) groups is 1. The van der Waals surface area contributed by atoms with Gasteiger partial charge in [0, 0.05) is 6.42 Å². The van der Waals surface area contributed by atoms with E-state index in [1.54, 1.807) is 0 Å². The predicted molar refractivity (Wildman–Crippen MR) is 89.5 cm³/mol. The molecule has 3 rings (SSSR count). The minimum atomic E-state index is -0.366. The van der Waals surface area contributed by atoms with Crippen molar-refractivity contribution in [3.63, 3.8) is 0 Å². The molecule has 2 aliphatic carbocycles. The van der Waals surface area contributed by atoms with Crippen LogP contribution < -0.4 is 0 Å². The number of Topliss-reactive ketones (excluding diaryl/α,β-unsaturated/α-hetero) is 1. The van der Waals surface area contributed by atoms with E-state index in [2.05, 4.69) is 30.3 Å². The van der Waals surface area contributed by atoms with Crippen LogP contribution in [0.1, 0.15) is 68.9 Å². The maximum absolute atomic E-state index is 12.1. The van der Waals surface area contributed by atoms with E-state index < -0.39 is 0 Å². The number of aryl methyl sites for hydroxylation is 2. The first-order valence-electron chi connectivity index (χ1n) is 8.80. The van der Waals surface area contributed by atoms with Crippen LogP contribution in [0, 0.1) is 17.2 Å². The average molecular weight is 297 g/mol. The number of benzene rings is 1. The highest BCUT2D eigenvalue weighted by Crippen LogP contribution is 2.17. The van der Waals surface area contributed by atoms with Gasteiger partial charge in [-0.1, -0.05) is 49.9 Å². The van der Waals surface area contributed by atoms with Crippen LogP contribution >= 0.6 is 0 Å².